The maximum atomic E-state index is 5.09. The predicted molar refractivity (Wildman–Crippen MR) is 92.9 cm³/mol. The Balaban J connectivity index is 1.99. The van der Waals surface area contributed by atoms with E-state index in [1.165, 1.54) is 16.7 Å². The third kappa shape index (κ3) is 4.88. The van der Waals surface area contributed by atoms with Gasteiger partial charge in [-0.25, -0.2) is 0 Å². The van der Waals surface area contributed by atoms with Gasteiger partial charge in [0.25, 0.3) is 0 Å². The van der Waals surface area contributed by atoms with E-state index in [4.69, 9.17) is 4.74 Å². The zero-order valence-electron chi connectivity index (χ0n) is 12.7. The number of nitrogens with one attached hydrogen (secondary N) is 1. The molecule has 0 fully saturated rings. The topological polar surface area (TPSA) is 21.3 Å². The molecule has 0 radical (unpaired) electrons. The first-order valence-corrected chi connectivity index (χ1v) is 8.40. The predicted octanol–water partition coefficient (Wildman–Crippen LogP) is 3.99. The molecule has 1 atom stereocenters. The van der Waals surface area contributed by atoms with E-state index < -0.39 is 0 Å². The molecule has 0 amide bonds. The fourth-order valence-corrected chi connectivity index (χ4v) is 3.27. The summed E-state index contributed by atoms with van der Waals surface area (Å²) in [6, 6.07) is 19.7. The Morgan fingerprint density at radius 1 is 1.00 bits per heavy atom. The van der Waals surface area contributed by atoms with Crippen molar-refractivity contribution >= 4 is 11.8 Å². The third-order valence-electron chi connectivity index (χ3n) is 3.48. The second kappa shape index (κ2) is 8.88. The molecule has 112 valence electrons. The minimum Gasteiger partial charge on any atom is -0.384 e. The van der Waals surface area contributed by atoms with Crippen LogP contribution in [0.4, 0.5) is 0 Å². The number of methoxy groups -OCH3 is 1. The quantitative estimate of drug-likeness (QED) is 0.745. The zero-order chi connectivity index (χ0) is 14.9. The Morgan fingerprint density at radius 2 is 1.67 bits per heavy atom. The lowest BCUT2D eigenvalue weighted by Gasteiger charge is -2.16. The standard InChI is InChI=1S/C18H23NOS/c1-19-18(14-21-13-12-20-2)17-10-8-16(9-11-17)15-6-4-3-5-7-15/h3-11,18-19H,12-14H2,1-2H3. The molecule has 0 aliphatic rings. The van der Waals surface area contributed by atoms with Crippen LogP contribution in [0.5, 0.6) is 0 Å². The largest absolute Gasteiger partial charge is 0.384 e. The van der Waals surface area contributed by atoms with Crippen molar-refractivity contribution in [2.75, 3.05) is 32.3 Å². The molecule has 3 heteroatoms. The van der Waals surface area contributed by atoms with Gasteiger partial charge in [-0.15, -0.1) is 0 Å². The molecule has 2 rings (SSSR count). The third-order valence-corrected chi connectivity index (χ3v) is 4.51. The highest BCUT2D eigenvalue weighted by molar-refractivity contribution is 7.99. The number of hydrogen-bond donors (Lipinski definition) is 1. The summed E-state index contributed by atoms with van der Waals surface area (Å²) in [4.78, 5) is 0. The average molecular weight is 301 g/mol. The summed E-state index contributed by atoms with van der Waals surface area (Å²) in [5.74, 6) is 2.10. The summed E-state index contributed by atoms with van der Waals surface area (Å²) in [6.07, 6.45) is 0. The van der Waals surface area contributed by atoms with Crippen molar-refractivity contribution in [3.05, 3.63) is 60.2 Å². The van der Waals surface area contributed by atoms with E-state index in [1.807, 2.05) is 24.9 Å². The van der Waals surface area contributed by atoms with Gasteiger partial charge >= 0.3 is 0 Å². The van der Waals surface area contributed by atoms with Gasteiger partial charge < -0.3 is 10.1 Å². The van der Waals surface area contributed by atoms with Gasteiger partial charge in [0.15, 0.2) is 0 Å². The van der Waals surface area contributed by atoms with Gasteiger partial charge in [-0.2, -0.15) is 11.8 Å². The van der Waals surface area contributed by atoms with Crippen molar-refractivity contribution in [2.45, 2.75) is 6.04 Å². The second-order valence-electron chi connectivity index (χ2n) is 4.90. The van der Waals surface area contributed by atoms with Gasteiger partial charge in [-0.1, -0.05) is 54.6 Å². The van der Waals surface area contributed by atoms with Crippen LogP contribution in [0.2, 0.25) is 0 Å². The van der Waals surface area contributed by atoms with Crippen LogP contribution in [0, 0.1) is 0 Å². The van der Waals surface area contributed by atoms with Crippen LogP contribution in [-0.4, -0.2) is 32.3 Å². The molecular formula is C18H23NOS. The van der Waals surface area contributed by atoms with E-state index in [9.17, 15) is 0 Å². The number of hydrogen-bond acceptors (Lipinski definition) is 3. The molecule has 0 spiro atoms. The molecule has 0 heterocycles. The summed E-state index contributed by atoms with van der Waals surface area (Å²) in [6.45, 7) is 0.814. The van der Waals surface area contributed by atoms with Crippen LogP contribution >= 0.6 is 11.8 Å². The summed E-state index contributed by atoms with van der Waals surface area (Å²) < 4.78 is 5.09. The highest BCUT2D eigenvalue weighted by Crippen LogP contribution is 2.23. The Bertz CT molecular complexity index is 513. The molecule has 0 bridgehead atoms. The fraction of sp³-hybridized carbons (Fsp3) is 0.333. The normalized spacial score (nSPS) is 12.3. The molecular weight excluding hydrogens is 278 g/mol. The van der Waals surface area contributed by atoms with Crippen LogP contribution in [0.3, 0.4) is 0 Å². The highest BCUT2D eigenvalue weighted by Gasteiger charge is 2.09. The smallest absolute Gasteiger partial charge is 0.0552 e. The number of rotatable bonds is 8. The highest BCUT2D eigenvalue weighted by atomic mass is 32.2. The SMILES string of the molecule is CNC(CSCCOC)c1ccc(-c2ccccc2)cc1. The maximum Gasteiger partial charge on any atom is 0.0552 e. The van der Waals surface area contributed by atoms with Crippen molar-refractivity contribution in [3.63, 3.8) is 0 Å². The lowest BCUT2D eigenvalue weighted by molar-refractivity contribution is 0.218. The summed E-state index contributed by atoms with van der Waals surface area (Å²) in [5, 5.41) is 3.39. The molecule has 0 aromatic heterocycles. The first kappa shape index (κ1) is 16.1. The van der Waals surface area contributed by atoms with Gasteiger partial charge in [0, 0.05) is 24.7 Å². The first-order chi connectivity index (χ1) is 10.3. The summed E-state index contributed by atoms with van der Waals surface area (Å²) in [5.41, 5.74) is 3.86. The molecule has 0 saturated heterocycles. The summed E-state index contributed by atoms with van der Waals surface area (Å²) in [7, 11) is 3.77. The Labute approximate surface area is 131 Å². The number of thioether (sulfide) groups is 1. The van der Waals surface area contributed by atoms with Crippen molar-refractivity contribution in [2.24, 2.45) is 0 Å². The number of ether oxygens (including phenoxy) is 1. The summed E-state index contributed by atoms with van der Waals surface area (Å²) >= 11 is 1.92. The Morgan fingerprint density at radius 3 is 2.29 bits per heavy atom. The van der Waals surface area contributed by atoms with Crippen molar-refractivity contribution in [1.82, 2.24) is 5.32 Å². The van der Waals surface area contributed by atoms with Gasteiger partial charge in [-0.3, -0.25) is 0 Å². The van der Waals surface area contributed by atoms with Gasteiger partial charge in [0.2, 0.25) is 0 Å². The lowest BCUT2D eigenvalue weighted by Crippen LogP contribution is -2.19. The molecule has 21 heavy (non-hydrogen) atoms. The zero-order valence-corrected chi connectivity index (χ0v) is 13.5. The van der Waals surface area contributed by atoms with E-state index in [2.05, 4.69) is 53.8 Å². The van der Waals surface area contributed by atoms with Crippen molar-refractivity contribution in [3.8, 4) is 11.1 Å². The average Bonchev–Trinajstić information content (AvgIpc) is 2.56. The Hall–Kier alpha value is -1.29. The van der Waals surface area contributed by atoms with Crippen LogP contribution in [0.15, 0.2) is 54.6 Å². The molecule has 2 aromatic rings. The molecule has 2 aromatic carbocycles. The second-order valence-corrected chi connectivity index (χ2v) is 6.05. The van der Waals surface area contributed by atoms with E-state index in [0.717, 1.165) is 18.1 Å². The van der Waals surface area contributed by atoms with E-state index in [0.29, 0.717) is 6.04 Å². The van der Waals surface area contributed by atoms with Crippen LogP contribution in [0.25, 0.3) is 11.1 Å². The van der Waals surface area contributed by atoms with E-state index in [1.54, 1.807) is 7.11 Å². The van der Waals surface area contributed by atoms with Gasteiger partial charge in [0.05, 0.1) is 6.61 Å². The maximum absolute atomic E-state index is 5.09. The Kier molecular flexibility index (Phi) is 6.80. The minimum atomic E-state index is 0.386. The van der Waals surface area contributed by atoms with Crippen LogP contribution in [0.1, 0.15) is 11.6 Å². The van der Waals surface area contributed by atoms with Crippen LogP contribution in [-0.2, 0) is 4.74 Å². The fourth-order valence-electron chi connectivity index (χ4n) is 2.23. The van der Waals surface area contributed by atoms with Crippen LogP contribution < -0.4 is 5.32 Å². The molecule has 2 nitrogen and oxygen atoms in total. The monoisotopic (exact) mass is 301 g/mol. The lowest BCUT2D eigenvalue weighted by atomic mass is 10.0. The molecule has 0 aliphatic carbocycles. The van der Waals surface area contributed by atoms with E-state index >= 15 is 0 Å². The molecule has 0 aliphatic heterocycles. The molecule has 1 N–H and O–H groups in total. The minimum absolute atomic E-state index is 0.386. The molecule has 1 unspecified atom stereocenters. The molecule has 0 saturated carbocycles. The van der Waals surface area contributed by atoms with Crippen molar-refractivity contribution in [1.29, 1.82) is 0 Å². The van der Waals surface area contributed by atoms with Crippen molar-refractivity contribution < 1.29 is 4.74 Å². The van der Waals surface area contributed by atoms with Gasteiger partial charge in [-0.05, 0) is 23.7 Å². The van der Waals surface area contributed by atoms with E-state index in [-0.39, 0.29) is 0 Å². The number of benzene rings is 2. The first-order valence-electron chi connectivity index (χ1n) is 7.24. The van der Waals surface area contributed by atoms with Gasteiger partial charge in [0.1, 0.15) is 0 Å².